The number of rotatable bonds is 4. The highest BCUT2D eigenvalue weighted by Gasteiger charge is 2.39. The second kappa shape index (κ2) is 8.83. The Morgan fingerprint density at radius 1 is 1.07 bits per heavy atom. The first-order chi connectivity index (χ1) is 13.2. The van der Waals surface area contributed by atoms with Crippen molar-refractivity contribution in [3.63, 3.8) is 0 Å². The van der Waals surface area contributed by atoms with Gasteiger partial charge in [0, 0.05) is 44.3 Å². The number of benzene rings is 1. The van der Waals surface area contributed by atoms with E-state index in [0.29, 0.717) is 12.1 Å². The van der Waals surface area contributed by atoms with Crippen molar-refractivity contribution in [2.24, 2.45) is 0 Å². The molecule has 1 aromatic rings. The number of likely N-dealkylation sites (tertiary alicyclic amines) is 1. The van der Waals surface area contributed by atoms with E-state index in [1.54, 1.807) is 0 Å². The molecule has 0 bridgehead atoms. The molecule has 2 saturated heterocycles. The fraction of sp³-hybridized carbons (Fsp3) is 0.696. The van der Waals surface area contributed by atoms with Crippen molar-refractivity contribution in [2.75, 3.05) is 32.7 Å². The quantitative estimate of drug-likeness (QED) is 0.790. The van der Waals surface area contributed by atoms with E-state index in [4.69, 9.17) is 4.74 Å². The third-order valence-corrected chi connectivity index (χ3v) is 5.94. The van der Waals surface area contributed by atoms with Crippen molar-refractivity contribution in [3.8, 4) is 0 Å². The second-order valence-corrected chi connectivity index (χ2v) is 9.51. The van der Waals surface area contributed by atoms with Crippen LogP contribution >= 0.6 is 0 Å². The Balaban J connectivity index is 1.50. The molecule has 2 aliphatic heterocycles. The van der Waals surface area contributed by atoms with Crippen LogP contribution in [0, 0.1) is 0 Å². The van der Waals surface area contributed by atoms with Crippen LogP contribution < -0.4 is 0 Å². The molecule has 3 rings (SSSR count). The topological polar surface area (TPSA) is 36.0 Å². The molecule has 0 N–H and O–H groups in total. The van der Waals surface area contributed by atoms with Crippen LogP contribution in [-0.2, 0) is 11.2 Å². The van der Waals surface area contributed by atoms with E-state index in [1.165, 1.54) is 18.5 Å². The molecular formula is C23H37N3O2. The van der Waals surface area contributed by atoms with Gasteiger partial charge >= 0.3 is 6.09 Å². The molecule has 156 valence electrons. The van der Waals surface area contributed by atoms with Crippen LogP contribution in [0.25, 0.3) is 0 Å². The van der Waals surface area contributed by atoms with E-state index in [-0.39, 0.29) is 12.1 Å². The maximum atomic E-state index is 12.5. The van der Waals surface area contributed by atoms with E-state index >= 15 is 0 Å². The van der Waals surface area contributed by atoms with Crippen LogP contribution in [0.2, 0.25) is 0 Å². The fourth-order valence-corrected chi connectivity index (χ4v) is 4.45. The summed E-state index contributed by atoms with van der Waals surface area (Å²) in [5, 5.41) is 0. The lowest BCUT2D eigenvalue weighted by Gasteiger charge is -2.46. The lowest BCUT2D eigenvalue weighted by molar-refractivity contribution is -0.0188. The maximum Gasteiger partial charge on any atom is 0.410 e. The van der Waals surface area contributed by atoms with Gasteiger partial charge in [-0.3, -0.25) is 4.90 Å². The van der Waals surface area contributed by atoms with E-state index in [2.05, 4.69) is 54.0 Å². The molecule has 1 aromatic carbocycles. The van der Waals surface area contributed by atoms with Crippen molar-refractivity contribution in [2.45, 2.75) is 71.2 Å². The molecule has 1 amide bonds. The van der Waals surface area contributed by atoms with Crippen LogP contribution in [-0.4, -0.2) is 77.2 Å². The zero-order chi connectivity index (χ0) is 20.3. The van der Waals surface area contributed by atoms with Gasteiger partial charge in [-0.1, -0.05) is 30.3 Å². The second-order valence-electron chi connectivity index (χ2n) is 9.51. The van der Waals surface area contributed by atoms with Crippen molar-refractivity contribution in [1.82, 2.24) is 14.7 Å². The number of hydrogen-bond acceptors (Lipinski definition) is 4. The molecule has 0 aromatic heterocycles. The molecule has 28 heavy (non-hydrogen) atoms. The standard InChI is InChI=1S/C23H37N3O2/c1-18-16-26(22(27)28-23(3,4)5)19(2)15-25(18)21-12-14-24(17-21)13-11-20-9-7-6-8-10-20/h6-10,18-19,21H,11-17H2,1-5H3. The summed E-state index contributed by atoms with van der Waals surface area (Å²) in [5.41, 5.74) is 0.973. The fourth-order valence-electron chi connectivity index (χ4n) is 4.45. The largest absolute Gasteiger partial charge is 0.444 e. The Bertz CT molecular complexity index is 643. The van der Waals surface area contributed by atoms with Gasteiger partial charge in [-0.15, -0.1) is 0 Å². The van der Waals surface area contributed by atoms with Gasteiger partial charge in [-0.25, -0.2) is 4.79 Å². The Labute approximate surface area is 170 Å². The Hall–Kier alpha value is -1.59. The van der Waals surface area contributed by atoms with Gasteiger partial charge in [0.05, 0.1) is 0 Å². The molecule has 5 heteroatoms. The zero-order valence-corrected chi connectivity index (χ0v) is 18.2. The van der Waals surface area contributed by atoms with Gasteiger partial charge in [0.25, 0.3) is 0 Å². The number of carbonyl (C=O) groups excluding carboxylic acids is 1. The number of amides is 1. The number of nitrogens with zero attached hydrogens (tertiary/aromatic N) is 3. The molecular weight excluding hydrogens is 350 g/mol. The maximum absolute atomic E-state index is 12.5. The minimum absolute atomic E-state index is 0.178. The third kappa shape index (κ3) is 5.48. The normalized spacial score (nSPS) is 27.2. The number of piperazine rings is 1. The summed E-state index contributed by atoms with van der Waals surface area (Å²) in [7, 11) is 0. The highest BCUT2D eigenvalue weighted by atomic mass is 16.6. The predicted molar refractivity (Wildman–Crippen MR) is 114 cm³/mol. The molecule has 5 nitrogen and oxygen atoms in total. The SMILES string of the molecule is CC1CN(C2CCN(CCc3ccccc3)C2)C(C)CN1C(=O)OC(C)(C)C. The lowest BCUT2D eigenvalue weighted by atomic mass is 10.0. The summed E-state index contributed by atoms with van der Waals surface area (Å²) in [6.45, 7) is 15.3. The molecule has 2 aliphatic rings. The summed E-state index contributed by atoms with van der Waals surface area (Å²) in [6.07, 6.45) is 2.16. The van der Waals surface area contributed by atoms with Crippen LogP contribution in [0.15, 0.2) is 30.3 Å². The van der Waals surface area contributed by atoms with E-state index in [0.717, 1.165) is 32.6 Å². The molecule has 0 aliphatic carbocycles. The first-order valence-electron chi connectivity index (χ1n) is 10.7. The minimum Gasteiger partial charge on any atom is -0.444 e. The number of carbonyl (C=O) groups is 1. The van der Waals surface area contributed by atoms with Gasteiger partial charge < -0.3 is 14.5 Å². The van der Waals surface area contributed by atoms with Crippen LogP contribution in [0.3, 0.4) is 0 Å². The minimum atomic E-state index is -0.443. The van der Waals surface area contributed by atoms with Crippen molar-refractivity contribution < 1.29 is 9.53 Å². The zero-order valence-electron chi connectivity index (χ0n) is 18.2. The lowest BCUT2D eigenvalue weighted by Crippen LogP contribution is -2.61. The number of ether oxygens (including phenoxy) is 1. The molecule has 2 fully saturated rings. The van der Waals surface area contributed by atoms with Crippen molar-refractivity contribution >= 4 is 6.09 Å². The average Bonchev–Trinajstić information content (AvgIpc) is 3.09. The van der Waals surface area contributed by atoms with E-state index < -0.39 is 5.60 Å². The Morgan fingerprint density at radius 3 is 2.46 bits per heavy atom. The molecule has 2 heterocycles. The number of hydrogen-bond donors (Lipinski definition) is 0. The van der Waals surface area contributed by atoms with Gasteiger partial charge in [-0.2, -0.15) is 0 Å². The van der Waals surface area contributed by atoms with Gasteiger partial charge in [-0.05, 0) is 59.6 Å². The van der Waals surface area contributed by atoms with Crippen LogP contribution in [0.4, 0.5) is 4.79 Å². The molecule has 0 radical (unpaired) electrons. The highest BCUT2D eigenvalue weighted by molar-refractivity contribution is 5.68. The van der Waals surface area contributed by atoms with Crippen molar-refractivity contribution in [3.05, 3.63) is 35.9 Å². The van der Waals surface area contributed by atoms with Crippen LogP contribution in [0.5, 0.6) is 0 Å². The molecule has 3 atom stereocenters. The van der Waals surface area contributed by atoms with Gasteiger partial charge in [0.2, 0.25) is 0 Å². The summed E-state index contributed by atoms with van der Waals surface area (Å²) < 4.78 is 5.61. The monoisotopic (exact) mass is 387 g/mol. The molecule has 0 spiro atoms. The summed E-state index contributed by atoms with van der Waals surface area (Å²) in [4.78, 5) is 19.7. The Kier molecular flexibility index (Phi) is 6.66. The average molecular weight is 388 g/mol. The third-order valence-electron chi connectivity index (χ3n) is 5.94. The predicted octanol–water partition coefficient (Wildman–Crippen LogP) is 3.63. The Morgan fingerprint density at radius 2 is 1.79 bits per heavy atom. The highest BCUT2D eigenvalue weighted by Crippen LogP contribution is 2.25. The van der Waals surface area contributed by atoms with Gasteiger partial charge in [0.15, 0.2) is 0 Å². The summed E-state index contributed by atoms with van der Waals surface area (Å²) in [5.74, 6) is 0. The smallest absolute Gasteiger partial charge is 0.410 e. The molecule has 0 saturated carbocycles. The summed E-state index contributed by atoms with van der Waals surface area (Å²) in [6, 6.07) is 11.9. The van der Waals surface area contributed by atoms with Crippen molar-refractivity contribution in [1.29, 1.82) is 0 Å². The van der Waals surface area contributed by atoms with Crippen LogP contribution in [0.1, 0.15) is 46.6 Å². The van der Waals surface area contributed by atoms with E-state index in [1.807, 2.05) is 25.7 Å². The summed E-state index contributed by atoms with van der Waals surface area (Å²) >= 11 is 0. The first-order valence-corrected chi connectivity index (χ1v) is 10.7. The molecule has 3 unspecified atom stereocenters. The first kappa shape index (κ1) is 21.1. The van der Waals surface area contributed by atoms with E-state index in [9.17, 15) is 4.79 Å². The van der Waals surface area contributed by atoms with Gasteiger partial charge in [0.1, 0.15) is 5.60 Å².